The van der Waals surface area contributed by atoms with Crippen LogP contribution in [0, 0.1) is 20.8 Å². The highest BCUT2D eigenvalue weighted by atomic mass is 16.5. The molecular weight excluding hydrogens is 306 g/mol. The van der Waals surface area contributed by atoms with Crippen LogP contribution < -0.4 is 10.1 Å². The molecular formula is C18H23N3O3. The first-order valence-electron chi connectivity index (χ1n) is 8.30. The van der Waals surface area contributed by atoms with Crippen LogP contribution in [0.4, 0.5) is 0 Å². The molecule has 0 aliphatic heterocycles. The molecule has 128 valence electrons. The van der Waals surface area contributed by atoms with E-state index in [1.807, 2.05) is 32.0 Å². The average molecular weight is 329 g/mol. The predicted molar refractivity (Wildman–Crippen MR) is 88.7 cm³/mol. The fourth-order valence-electron chi connectivity index (χ4n) is 3.13. The molecule has 0 saturated heterocycles. The molecule has 6 nitrogen and oxygen atoms in total. The Kier molecular flexibility index (Phi) is 4.55. The van der Waals surface area contributed by atoms with Crippen molar-refractivity contribution in [1.82, 2.24) is 15.5 Å². The number of hydrogen-bond donors (Lipinski definition) is 1. The molecule has 6 heteroatoms. The van der Waals surface area contributed by atoms with Gasteiger partial charge in [0.1, 0.15) is 11.3 Å². The van der Waals surface area contributed by atoms with Crippen LogP contribution >= 0.6 is 0 Å². The van der Waals surface area contributed by atoms with E-state index in [4.69, 9.17) is 9.26 Å². The third-order valence-corrected chi connectivity index (χ3v) is 4.64. The number of aromatic nitrogens is 2. The van der Waals surface area contributed by atoms with Gasteiger partial charge in [0.05, 0.1) is 0 Å². The van der Waals surface area contributed by atoms with Crippen molar-refractivity contribution >= 4 is 5.91 Å². The molecule has 1 aromatic heterocycles. The molecule has 0 atom stereocenters. The molecule has 1 fully saturated rings. The number of ether oxygens (including phenoxy) is 1. The van der Waals surface area contributed by atoms with E-state index in [1.165, 1.54) is 5.56 Å². The van der Waals surface area contributed by atoms with E-state index in [1.54, 1.807) is 6.92 Å². The summed E-state index contributed by atoms with van der Waals surface area (Å²) in [6.07, 6.45) is 3.71. The summed E-state index contributed by atoms with van der Waals surface area (Å²) in [5.74, 6) is 1.61. The Hall–Kier alpha value is -2.37. The van der Waals surface area contributed by atoms with Gasteiger partial charge in [0, 0.05) is 6.92 Å². The lowest BCUT2D eigenvalue weighted by Crippen LogP contribution is -2.46. The zero-order valence-corrected chi connectivity index (χ0v) is 14.4. The molecule has 0 radical (unpaired) electrons. The lowest BCUT2D eigenvalue weighted by Gasteiger charge is -2.26. The van der Waals surface area contributed by atoms with Crippen molar-refractivity contribution < 1.29 is 14.1 Å². The minimum atomic E-state index is -0.526. The summed E-state index contributed by atoms with van der Waals surface area (Å²) in [6, 6.07) is 5.81. The van der Waals surface area contributed by atoms with E-state index in [0.717, 1.165) is 31.2 Å². The van der Waals surface area contributed by atoms with Crippen molar-refractivity contribution in [2.75, 3.05) is 6.61 Å². The molecule has 2 aromatic rings. The van der Waals surface area contributed by atoms with Gasteiger partial charge < -0.3 is 14.6 Å². The Balaban J connectivity index is 1.65. The van der Waals surface area contributed by atoms with Crippen LogP contribution in [0.5, 0.6) is 5.75 Å². The molecule has 1 aromatic carbocycles. The van der Waals surface area contributed by atoms with Crippen molar-refractivity contribution in [3.63, 3.8) is 0 Å². The molecule has 1 saturated carbocycles. The normalized spacial score (nSPS) is 16.1. The molecule has 3 rings (SSSR count). The van der Waals surface area contributed by atoms with Gasteiger partial charge in [-0.05, 0) is 49.9 Å². The molecule has 24 heavy (non-hydrogen) atoms. The van der Waals surface area contributed by atoms with Crippen molar-refractivity contribution in [2.45, 2.75) is 52.0 Å². The van der Waals surface area contributed by atoms with Gasteiger partial charge in [-0.15, -0.1) is 0 Å². The van der Waals surface area contributed by atoms with Crippen molar-refractivity contribution in [3.05, 3.63) is 41.0 Å². The highest BCUT2D eigenvalue weighted by Gasteiger charge is 2.41. The number of hydrogen-bond acceptors (Lipinski definition) is 5. The molecule has 1 aliphatic carbocycles. The Bertz CT molecular complexity index is 733. The fourth-order valence-corrected chi connectivity index (χ4v) is 3.13. The number of benzene rings is 1. The van der Waals surface area contributed by atoms with E-state index >= 15 is 0 Å². The molecule has 1 aliphatic rings. The largest absolute Gasteiger partial charge is 0.484 e. The predicted octanol–water partition coefficient (Wildman–Crippen LogP) is 2.96. The minimum absolute atomic E-state index is 0.0267. The summed E-state index contributed by atoms with van der Waals surface area (Å²) in [5, 5.41) is 7.09. The summed E-state index contributed by atoms with van der Waals surface area (Å²) in [7, 11) is 0. The Morgan fingerprint density at radius 3 is 2.62 bits per heavy atom. The zero-order valence-electron chi connectivity index (χ0n) is 14.4. The monoisotopic (exact) mass is 329 g/mol. The van der Waals surface area contributed by atoms with Crippen LogP contribution in [-0.4, -0.2) is 22.7 Å². The van der Waals surface area contributed by atoms with Crippen molar-refractivity contribution in [3.8, 4) is 5.75 Å². The van der Waals surface area contributed by atoms with Gasteiger partial charge in [-0.2, -0.15) is 4.98 Å². The number of nitrogens with one attached hydrogen (secondary N) is 1. The molecule has 1 amide bonds. The number of aryl methyl sites for hydroxylation is 3. The summed E-state index contributed by atoms with van der Waals surface area (Å²) >= 11 is 0. The molecule has 0 bridgehead atoms. The van der Waals surface area contributed by atoms with E-state index in [-0.39, 0.29) is 12.5 Å². The summed E-state index contributed by atoms with van der Waals surface area (Å²) in [5.41, 5.74) is 1.81. The minimum Gasteiger partial charge on any atom is -0.484 e. The fraction of sp³-hybridized carbons (Fsp3) is 0.500. The van der Waals surface area contributed by atoms with E-state index < -0.39 is 5.54 Å². The van der Waals surface area contributed by atoms with Gasteiger partial charge in [0.2, 0.25) is 5.89 Å². The van der Waals surface area contributed by atoms with Gasteiger partial charge in [-0.25, -0.2) is 0 Å². The molecule has 0 spiro atoms. The van der Waals surface area contributed by atoms with Gasteiger partial charge in [0.15, 0.2) is 12.4 Å². The number of amides is 1. The van der Waals surface area contributed by atoms with Crippen molar-refractivity contribution in [1.29, 1.82) is 0 Å². The zero-order chi connectivity index (χ0) is 17.2. The van der Waals surface area contributed by atoms with E-state index in [9.17, 15) is 4.79 Å². The third-order valence-electron chi connectivity index (χ3n) is 4.64. The molecule has 0 unspecified atom stereocenters. The van der Waals surface area contributed by atoms with Gasteiger partial charge in [-0.1, -0.05) is 24.1 Å². The van der Waals surface area contributed by atoms with Crippen LogP contribution in [0.15, 0.2) is 22.7 Å². The SMILES string of the molecule is Cc1nc(C2(NC(=O)COc3ccc(C)c(C)c3)CCCC2)no1. The van der Waals surface area contributed by atoms with Crippen molar-refractivity contribution in [2.24, 2.45) is 0 Å². The highest BCUT2D eigenvalue weighted by Crippen LogP contribution is 2.37. The maximum absolute atomic E-state index is 12.4. The first kappa shape index (κ1) is 16.5. The molecule has 1 heterocycles. The quantitative estimate of drug-likeness (QED) is 0.912. The smallest absolute Gasteiger partial charge is 0.258 e. The first-order valence-corrected chi connectivity index (χ1v) is 8.30. The lowest BCUT2D eigenvalue weighted by molar-refractivity contribution is -0.125. The Morgan fingerprint density at radius 2 is 2.00 bits per heavy atom. The Labute approximate surface area is 141 Å². The number of carbonyl (C=O) groups is 1. The standard InChI is InChI=1S/C18H23N3O3/c1-12-6-7-15(10-13(12)2)23-11-16(22)20-18(8-4-5-9-18)17-19-14(3)24-21-17/h6-7,10H,4-5,8-9,11H2,1-3H3,(H,20,22). The van der Waals surface area contributed by atoms with Crippen LogP contribution in [0.3, 0.4) is 0 Å². The maximum atomic E-state index is 12.4. The highest BCUT2D eigenvalue weighted by molar-refractivity contribution is 5.78. The number of nitrogens with zero attached hydrogens (tertiary/aromatic N) is 2. The second-order valence-electron chi connectivity index (χ2n) is 6.51. The van der Waals surface area contributed by atoms with Crippen LogP contribution in [0.1, 0.15) is 48.5 Å². The van der Waals surface area contributed by atoms with Gasteiger partial charge >= 0.3 is 0 Å². The second kappa shape index (κ2) is 6.63. The van der Waals surface area contributed by atoms with Gasteiger partial charge in [-0.3, -0.25) is 4.79 Å². The average Bonchev–Trinajstić information content (AvgIpc) is 3.18. The van der Waals surface area contributed by atoms with E-state index in [2.05, 4.69) is 15.5 Å². The van der Waals surface area contributed by atoms with Gasteiger partial charge in [0.25, 0.3) is 5.91 Å². The molecule has 1 N–H and O–H groups in total. The summed E-state index contributed by atoms with van der Waals surface area (Å²) in [6.45, 7) is 5.79. The van der Waals surface area contributed by atoms with E-state index in [0.29, 0.717) is 17.5 Å². The summed E-state index contributed by atoms with van der Waals surface area (Å²) < 4.78 is 10.7. The maximum Gasteiger partial charge on any atom is 0.258 e. The number of rotatable bonds is 5. The van der Waals surface area contributed by atoms with Crippen LogP contribution in [-0.2, 0) is 10.3 Å². The number of carbonyl (C=O) groups excluding carboxylic acids is 1. The topological polar surface area (TPSA) is 77.2 Å². The lowest BCUT2D eigenvalue weighted by atomic mass is 9.96. The second-order valence-corrected chi connectivity index (χ2v) is 6.51. The third kappa shape index (κ3) is 3.42. The van der Waals surface area contributed by atoms with Crippen LogP contribution in [0.25, 0.3) is 0 Å². The Morgan fingerprint density at radius 1 is 1.25 bits per heavy atom. The van der Waals surface area contributed by atoms with Crippen LogP contribution in [0.2, 0.25) is 0 Å². The first-order chi connectivity index (χ1) is 11.5. The summed E-state index contributed by atoms with van der Waals surface area (Å²) in [4.78, 5) is 16.7.